The van der Waals surface area contributed by atoms with Crippen molar-refractivity contribution in [1.82, 2.24) is 0 Å². The van der Waals surface area contributed by atoms with Gasteiger partial charge in [0.25, 0.3) is 0 Å². The van der Waals surface area contributed by atoms with Gasteiger partial charge in [0.05, 0.1) is 5.02 Å². The lowest BCUT2D eigenvalue weighted by Gasteiger charge is -2.16. The summed E-state index contributed by atoms with van der Waals surface area (Å²) in [6.07, 6.45) is 1.55. The van der Waals surface area contributed by atoms with Gasteiger partial charge >= 0.3 is 0 Å². The number of halogens is 4. The summed E-state index contributed by atoms with van der Waals surface area (Å²) in [6.45, 7) is 0. The van der Waals surface area contributed by atoms with E-state index in [-0.39, 0.29) is 10.8 Å². The van der Waals surface area contributed by atoms with Gasteiger partial charge in [0.15, 0.2) is 0 Å². The summed E-state index contributed by atoms with van der Waals surface area (Å²) in [5.74, 6) is -0.0515. The maximum absolute atomic E-state index is 13.5. The Hall–Kier alpha value is -0.570. The minimum Gasteiger partial charge on any atom is -0.205 e. The van der Waals surface area contributed by atoms with E-state index in [9.17, 15) is 4.39 Å². The zero-order chi connectivity index (χ0) is 14.5. The average Bonchev–Trinajstić information content (AvgIpc) is 2.45. The van der Waals surface area contributed by atoms with Crippen LogP contribution in [0, 0.1) is 11.7 Å². The van der Waals surface area contributed by atoms with Crippen LogP contribution in [-0.2, 0) is 12.8 Å². The lowest BCUT2D eigenvalue weighted by atomic mass is 9.94. The number of alkyl halides is 1. The summed E-state index contributed by atoms with van der Waals surface area (Å²) in [6, 6.07) is 12.7. The average molecular weight is 376 g/mol. The molecule has 106 valence electrons. The Bertz CT molecular complexity index is 586. The van der Waals surface area contributed by atoms with Crippen LogP contribution in [0.25, 0.3) is 0 Å². The summed E-state index contributed by atoms with van der Waals surface area (Å²) in [5.41, 5.74) is 1.94. The number of rotatable bonds is 5. The predicted octanol–water partition coefficient (Wildman–Crippen LogP) is 5.93. The van der Waals surface area contributed by atoms with Crippen molar-refractivity contribution < 1.29 is 4.39 Å². The van der Waals surface area contributed by atoms with Gasteiger partial charge in [0.2, 0.25) is 0 Å². The molecule has 0 nitrogen and oxygen atoms in total. The molecule has 0 radical (unpaired) electrons. The molecule has 1 unspecified atom stereocenters. The van der Waals surface area contributed by atoms with Crippen molar-refractivity contribution >= 4 is 39.1 Å². The molecule has 0 bridgehead atoms. The van der Waals surface area contributed by atoms with E-state index in [1.165, 1.54) is 6.07 Å². The maximum atomic E-state index is 13.5. The number of hydrogen-bond donors (Lipinski definition) is 0. The second kappa shape index (κ2) is 7.44. The molecule has 1 atom stereocenters. The lowest BCUT2D eigenvalue weighted by molar-refractivity contribution is 0.583. The van der Waals surface area contributed by atoms with Gasteiger partial charge in [0.1, 0.15) is 5.82 Å². The molecule has 0 heterocycles. The Morgan fingerprint density at radius 1 is 0.950 bits per heavy atom. The Kier molecular flexibility index (Phi) is 5.88. The molecule has 0 aliphatic carbocycles. The highest BCUT2D eigenvalue weighted by atomic mass is 79.9. The Balaban J connectivity index is 2.14. The summed E-state index contributed by atoms with van der Waals surface area (Å²) < 4.78 is 13.5. The van der Waals surface area contributed by atoms with Gasteiger partial charge in [-0.1, -0.05) is 69.5 Å². The van der Waals surface area contributed by atoms with E-state index in [0.717, 1.165) is 27.9 Å². The molecule has 0 saturated heterocycles. The first-order valence-electron chi connectivity index (χ1n) is 6.34. The van der Waals surface area contributed by atoms with Crippen LogP contribution in [0.4, 0.5) is 4.39 Å². The topological polar surface area (TPSA) is 0 Å². The standard InChI is InChI=1S/C16H14BrCl2F/c17-10-11(8-12-4-1-2-6-14(12)18)9-13-5-3-7-15(20)16(13)19/h1-7,11H,8-10H2. The van der Waals surface area contributed by atoms with Gasteiger partial charge < -0.3 is 0 Å². The third kappa shape index (κ3) is 3.97. The van der Waals surface area contributed by atoms with Gasteiger partial charge in [0, 0.05) is 10.4 Å². The second-order valence-corrected chi connectivity index (χ2v) is 6.17. The van der Waals surface area contributed by atoms with Gasteiger partial charge in [-0.15, -0.1) is 0 Å². The zero-order valence-electron chi connectivity index (χ0n) is 10.8. The van der Waals surface area contributed by atoms with Crippen LogP contribution in [0.5, 0.6) is 0 Å². The minimum atomic E-state index is -0.366. The second-order valence-electron chi connectivity index (χ2n) is 4.73. The number of hydrogen-bond acceptors (Lipinski definition) is 0. The van der Waals surface area contributed by atoms with Crippen LogP contribution in [-0.4, -0.2) is 5.33 Å². The zero-order valence-corrected chi connectivity index (χ0v) is 13.8. The fraction of sp³-hybridized carbons (Fsp3) is 0.250. The molecule has 0 spiro atoms. The van der Waals surface area contributed by atoms with E-state index >= 15 is 0 Å². The first-order valence-corrected chi connectivity index (χ1v) is 8.21. The van der Waals surface area contributed by atoms with Crippen molar-refractivity contribution in [3.63, 3.8) is 0 Å². The quantitative estimate of drug-likeness (QED) is 0.568. The fourth-order valence-electron chi connectivity index (χ4n) is 2.17. The third-order valence-electron chi connectivity index (χ3n) is 3.22. The van der Waals surface area contributed by atoms with E-state index in [1.54, 1.807) is 6.07 Å². The molecule has 0 aromatic heterocycles. The largest absolute Gasteiger partial charge is 0.205 e. The SMILES string of the molecule is Fc1cccc(CC(CBr)Cc2ccccc2Cl)c1Cl. The van der Waals surface area contributed by atoms with Crippen molar-refractivity contribution in [2.75, 3.05) is 5.33 Å². The van der Waals surface area contributed by atoms with Crippen LogP contribution < -0.4 is 0 Å². The van der Waals surface area contributed by atoms with Crippen molar-refractivity contribution in [2.24, 2.45) is 5.92 Å². The molecule has 0 fully saturated rings. The summed E-state index contributed by atoms with van der Waals surface area (Å²) in [5, 5.41) is 1.80. The van der Waals surface area contributed by atoms with Gasteiger partial charge in [-0.3, -0.25) is 0 Å². The Labute approximate surface area is 137 Å². The van der Waals surface area contributed by atoms with E-state index in [4.69, 9.17) is 23.2 Å². The summed E-state index contributed by atoms with van der Waals surface area (Å²) in [4.78, 5) is 0. The van der Waals surface area contributed by atoms with E-state index in [2.05, 4.69) is 15.9 Å². The molecule has 0 amide bonds. The van der Waals surface area contributed by atoms with Crippen molar-refractivity contribution in [2.45, 2.75) is 12.8 Å². The summed E-state index contributed by atoms with van der Waals surface area (Å²) >= 11 is 15.7. The molecular weight excluding hydrogens is 362 g/mol. The molecular formula is C16H14BrCl2F. The molecule has 2 aromatic carbocycles. The highest BCUT2D eigenvalue weighted by Gasteiger charge is 2.14. The van der Waals surface area contributed by atoms with E-state index in [1.807, 2.05) is 30.3 Å². The third-order valence-corrected chi connectivity index (χ3v) is 4.93. The Morgan fingerprint density at radius 3 is 2.30 bits per heavy atom. The predicted molar refractivity (Wildman–Crippen MR) is 87.6 cm³/mol. The van der Waals surface area contributed by atoms with Gasteiger partial charge in [-0.25, -0.2) is 4.39 Å². The normalized spacial score (nSPS) is 12.4. The van der Waals surface area contributed by atoms with Crippen LogP contribution in [0.2, 0.25) is 10.0 Å². The molecule has 0 saturated carbocycles. The van der Waals surface area contributed by atoms with Gasteiger partial charge in [-0.05, 0) is 42.0 Å². The number of benzene rings is 2. The molecule has 2 aromatic rings. The van der Waals surface area contributed by atoms with E-state index < -0.39 is 0 Å². The molecule has 20 heavy (non-hydrogen) atoms. The van der Waals surface area contributed by atoms with Crippen molar-refractivity contribution in [3.05, 3.63) is 69.5 Å². The maximum Gasteiger partial charge on any atom is 0.142 e. The highest BCUT2D eigenvalue weighted by Crippen LogP contribution is 2.26. The van der Waals surface area contributed by atoms with Crippen LogP contribution >= 0.6 is 39.1 Å². The molecule has 2 rings (SSSR count). The first kappa shape index (κ1) is 15.8. The van der Waals surface area contributed by atoms with Crippen molar-refractivity contribution in [3.8, 4) is 0 Å². The molecule has 0 aliphatic heterocycles. The molecule has 0 aliphatic rings. The van der Waals surface area contributed by atoms with E-state index in [0.29, 0.717) is 12.3 Å². The monoisotopic (exact) mass is 374 g/mol. The smallest absolute Gasteiger partial charge is 0.142 e. The van der Waals surface area contributed by atoms with Crippen molar-refractivity contribution in [1.29, 1.82) is 0 Å². The van der Waals surface area contributed by atoms with Gasteiger partial charge in [-0.2, -0.15) is 0 Å². The lowest BCUT2D eigenvalue weighted by Crippen LogP contribution is -2.11. The van der Waals surface area contributed by atoms with Crippen LogP contribution in [0.1, 0.15) is 11.1 Å². The highest BCUT2D eigenvalue weighted by molar-refractivity contribution is 9.09. The molecule has 0 N–H and O–H groups in total. The fourth-order valence-corrected chi connectivity index (χ4v) is 3.05. The Morgan fingerprint density at radius 2 is 1.60 bits per heavy atom. The van der Waals surface area contributed by atoms with Crippen LogP contribution in [0.3, 0.4) is 0 Å². The van der Waals surface area contributed by atoms with Crippen LogP contribution in [0.15, 0.2) is 42.5 Å². The first-order chi connectivity index (χ1) is 9.61. The summed E-state index contributed by atoms with van der Waals surface area (Å²) in [7, 11) is 0. The molecule has 4 heteroatoms. The minimum absolute atomic E-state index is 0.220.